The predicted octanol–water partition coefficient (Wildman–Crippen LogP) is 6.61. The molecule has 260 valence electrons. The first-order chi connectivity index (χ1) is 23.2. The van der Waals surface area contributed by atoms with Crippen molar-refractivity contribution in [3.8, 4) is 22.8 Å². The summed E-state index contributed by atoms with van der Waals surface area (Å²) < 4.78 is 19.7. The maximum absolute atomic E-state index is 13.7. The molecule has 1 aromatic heterocycles. The summed E-state index contributed by atoms with van der Waals surface area (Å²) in [5.41, 5.74) is 2.46. The number of hydrogen-bond acceptors (Lipinski definition) is 8. The largest absolute Gasteiger partial charge is 0.478 e. The van der Waals surface area contributed by atoms with Crippen molar-refractivity contribution < 1.29 is 33.7 Å². The van der Waals surface area contributed by atoms with E-state index in [1.807, 2.05) is 76.9 Å². The van der Waals surface area contributed by atoms with Crippen LogP contribution in [-0.2, 0) is 45.6 Å². The second kappa shape index (κ2) is 16.6. The SMILES string of the molecule is CN(C)Cc1ncc(-c2ccc(Oc3cc(Cl)ccc3CN(C(=O)O[C@@H](Cc3ccccc3)C(=O)O)[C@H](C=O)COC(C)(C)C)cc2)n1C. The Morgan fingerprint density at radius 1 is 1.02 bits per heavy atom. The fraction of sp³-hybridized carbons (Fsp3) is 0.351. The van der Waals surface area contributed by atoms with E-state index in [1.165, 1.54) is 0 Å². The van der Waals surface area contributed by atoms with Gasteiger partial charge in [-0.25, -0.2) is 14.6 Å². The van der Waals surface area contributed by atoms with Gasteiger partial charge in [0.25, 0.3) is 0 Å². The van der Waals surface area contributed by atoms with E-state index in [0.717, 1.165) is 22.0 Å². The van der Waals surface area contributed by atoms with Gasteiger partial charge in [-0.05, 0) is 76.8 Å². The van der Waals surface area contributed by atoms with E-state index in [2.05, 4.69) is 9.88 Å². The van der Waals surface area contributed by atoms with E-state index >= 15 is 0 Å². The van der Waals surface area contributed by atoms with Crippen molar-refractivity contribution >= 4 is 29.9 Å². The average molecular weight is 691 g/mol. The van der Waals surface area contributed by atoms with Gasteiger partial charge in [-0.1, -0.05) is 48.0 Å². The Hall–Kier alpha value is -4.71. The first kappa shape index (κ1) is 37.1. The Kier molecular flexibility index (Phi) is 12.6. The number of carbonyl (C=O) groups is 3. The van der Waals surface area contributed by atoms with Gasteiger partial charge < -0.3 is 33.6 Å². The Labute approximate surface area is 292 Å². The second-order valence-electron chi connectivity index (χ2n) is 12.9. The molecule has 0 fully saturated rings. The van der Waals surface area contributed by atoms with Gasteiger partial charge in [-0.3, -0.25) is 4.90 Å². The summed E-state index contributed by atoms with van der Waals surface area (Å²) in [5.74, 6) is 0.467. The minimum Gasteiger partial charge on any atom is -0.478 e. The molecule has 49 heavy (non-hydrogen) atoms. The number of imidazole rings is 1. The maximum atomic E-state index is 13.7. The summed E-state index contributed by atoms with van der Waals surface area (Å²) in [4.78, 5) is 46.0. The van der Waals surface area contributed by atoms with Crippen molar-refractivity contribution in [3.63, 3.8) is 0 Å². The first-order valence-corrected chi connectivity index (χ1v) is 16.2. The quantitative estimate of drug-likeness (QED) is 0.137. The number of ether oxygens (including phenoxy) is 3. The molecule has 0 aliphatic heterocycles. The van der Waals surface area contributed by atoms with Crippen molar-refractivity contribution in [2.45, 2.75) is 58.0 Å². The van der Waals surface area contributed by atoms with Gasteiger partial charge in [0.1, 0.15) is 29.7 Å². The molecule has 0 bridgehead atoms. The lowest BCUT2D eigenvalue weighted by atomic mass is 10.1. The summed E-state index contributed by atoms with van der Waals surface area (Å²) in [6.07, 6.45) is -0.128. The molecule has 12 heteroatoms. The van der Waals surface area contributed by atoms with Crippen molar-refractivity contribution in [1.82, 2.24) is 19.4 Å². The van der Waals surface area contributed by atoms with Crippen LogP contribution in [-0.4, -0.2) is 81.3 Å². The van der Waals surface area contributed by atoms with Crippen LogP contribution in [0.4, 0.5) is 4.79 Å². The van der Waals surface area contributed by atoms with Crippen molar-refractivity contribution in [1.29, 1.82) is 0 Å². The summed E-state index contributed by atoms with van der Waals surface area (Å²) >= 11 is 6.37. The average Bonchev–Trinajstić information content (AvgIpc) is 3.40. The van der Waals surface area contributed by atoms with Crippen LogP contribution in [0.1, 0.15) is 37.7 Å². The van der Waals surface area contributed by atoms with Crippen LogP contribution >= 0.6 is 11.6 Å². The van der Waals surface area contributed by atoms with Crippen molar-refractivity contribution in [2.75, 3.05) is 20.7 Å². The highest BCUT2D eigenvalue weighted by Gasteiger charge is 2.32. The minimum absolute atomic E-state index is 0.0545. The number of hydrogen-bond donors (Lipinski definition) is 1. The number of halogens is 1. The number of carboxylic acid groups (broad SMARTS) is 1. The van der Waals surface area contributed by atoms with E-state index in [0.29, 0.717) is 40.5 Å². The third kappa shape index (κ3) is 10.6. The fourth-order valence-electron chi connectivity index (χ4n) is 4.96. The van der Waals surface area contributed by atoms with Crippen LogP contribution in [0, 0.1) is 0 Å². The van der Waals surface area contributed by atoms with Gasteiger partial charge in [0.05, 0.1) is 37.2 Å². The molecule has 0 unspecified atom stereocenters. The van der Waals surface area contributed by atoms with Crippen LogP contribution in [0.15, 0.2) is 79.0 Å². The van der Waals surface area contributed by atoms with E-state index < -0.39 is 29.8 Å². The summed E-state index contributed by atoms with van der Waals surface area (Å²) in [5, 5.41) is 10.3. The Balaban J connectivity index is 1.60. The zero-order chi connectivity index (χ0) is 35.7. The molecule has 0 aliphatic carbocycles. The Morgan fingerprint density at radius 3 is 2.33 bits per heavy atom. The Morgan fingerprint density at radius 2 is 1.71 bits per heavy atom. The van der Waals surface area contributed by atoms with Crippen LogP contribution < -0.4 is 4.74 Å². The molecule has 1 amide bonds. The molecule has 1 heterocycles. The van der Waals surface area contributed by atoms with E-state index in [4.69, 9.17) is 25.8 Å². The predicted molar refractivity (Wildman–Crippen MR) is 187 cm³/mol. The topological polar surface area (TPSA) is 123 Å². The monoisotopic (exact) mass is 690 g/mol. The highest BCUT2D eigenvalue weighted by molar-refractivity contribution is 6.30. The van der Waals surface area contributed by atoms with E-state index in [9.17, 15) is 19.5 Å². The number of aromatic nitrogens is 2. The molecule has 0 saturated carbocycles. The molecule has 0 radical (unpaired) electrons. The number of carboxylic acids is 1. The molecule has 4 rings (SSSR count). The lowest BCUT2D eigenvalue weighted by Gasteiger charge is -2.31. The number of nitrogens with zero attached hydrogens (tertiary/aromatic N) is 4. The van der Waals surface area contributed by atoms with Crippen molar-refractivity contribution in [2.24, 2.45) is 7.05 Å². The van der Waals surface area contributed by atoms with Crippen LogP contribution in [0.2, 0.25) is 5.02 Å². The maximum Gasteiger partial charge on any atom is 0.411 e. The van der Waals surface area contributed by atoms with Crippen LogP contribution in [0.3, 0.4) is 0 Å². The number of aldehydes is 1. The molecule has 0 saturated heterocycles. The molecular formula is C37H43ClN4O7. The number of rotatable bonds is 15. The zero-order valence-electron chi connectivity index (χ0n) is 28.6. The number of amides is 1. The van der Waals surface area contributed by atoms with Gasteiger partial charge in [-0.15, -0.1) is 0 Å². The molecular weight excluding hydrogens is 648 g/mol. The molecule has 11 nitrogen and oxygen atoms in total. The molecule has 2 atom stereocenters. The fourth-order valence-corrected chi connectivity index (χ4v) is 5.12. The van der Waals surface area contributed by atoms with Crippen molar-refractivity contribution in [3.05, 3.63) is 101 Å². The third-order valence-electron chi connectivity index (χ3n) is 7.55. The van der Waals surface area contributed by atoms with Gasteiger partial charge in [-0.2, -0.15) is 0 Å². The van der Waals surface area contributed by atoms with Gasteiger partial charge in [0.2, 0.25) is 6.10 Å². The number of benzene rings is 3. The van der Waals surface area contributed by atoms with Crippen LogP contribution in [0.5, 0.6) is 11.5 Å². The van der Waals surface area contributed by atoms with Gasteiger partial charge >= 0.3 is 12.1 Å². The molecule has 1 N–H and O–H groups in total. The third-order valence-corrected chi connectivity index (χ3v) is 7.79. The summed E-state index contributed by atoms with van der Waals surface area (Å²) in [7, 11) is 5.95. The Bertz CT molecular complexity index is 1720. The van der Waals surface area contributed by atoms with E-state index in [-0.39, 0.29) is 19.6 Å². The van der Waals surface area contributed by atoms with E-state index in [1.54, 1.807) is 48.5 Å². The van der Waals surface area contributed by atoms with Gasteiger partial charge in [0, 0.05) is 29.6 Å². The molecule has 4 aromatic rings. The van der Waals surface area contributed by atoms with Gasteiger partial charge in [0.15, 0.2) is 0 Å². The lowest BCUT2D eigenvalue weighted by molar-refractivity contribution is -0.147. The first-order valence-electron chi connectivity index (χ1n) is 15.8. The highest BCUT2D eigenvalue weighted by atomic mass is 35.5. The summed E-state index contributed by atoms with van der Waals surface area (Å²) in [6, 6.07) is 20.1. The normalized spacial score (nSPS) is 12.7. The molecule has 0 spiro atoms. The molecule has 3 aromatic carbocycles. The lowest BCUT2D eigenvalue weighted by Crippen LogP contribution is -2.47. The minimum atomic E-state index is -1.49. The second-order valence-corrected chi connectivity index (χ2v) is 13.3. The highest BCUT2D eigenvalue weighted by Crippen LogP contribution is 2.32. The number of carbonyl (C=O) groups excluding carboxylic acids is 2. The smallest absolute Gasteiger partial charge is 0.411 e. The number of aliphatic carboxylic acids is 1. The standard InChI is InChI=1S/C37H43ClN4O7/c1-37(2,3)47-24-29(23-43)42(36(46)49-33(35(44)45)18-25-10-8-7-9-11-25)21-27-12-15-28(38)19-32(27)48-30-16-13-26(14-17-30)31-20-39-34(41(31)6)22-40(4)5/h7-17,19-20,23,29,33H,18,21-22,24H2,1-6H3,(H,44,45)/t29-,33+/m1/s1. The zero-order valence-corrected chi connectivity index (χ0v) is 29.4. The molecule has 0 aliphatic rings. The van der Waals surface area contributed by atoms with Crippen LogP contribution in [0.25, 0.3) is 11.3 Å². The summed E-state index contributed by atoms with van der Waals surface area (Å²) in [6.45, 7) is 5.87.